The van der Waals surface area contributed by atoms with Crippen molar-refractivity contribution in [3.05, 3.63) is 29.6 Å². The van der Waals surface area contributed by atoms with Gasteiger partial charge in [-0.2, -0.15) is 0 Å². The maximum atomic E-state index is 13.2. The zero-order chi connectivity index (χ0) is 13.7. The Morgan fingerprint density at radius 3 is 2.89 bits per heavy atom. The molecule has 4 heteroatoms. The van der Waals surface area contributed by atoms with Crippen molar-refractivity contribution in [2.24, 2.45) is 5.73 Å². The van der Waals surface area contributed by atoms with Crippen LogP contribution in [0.4, 0.5) is 4.39 Å². The third kappa shape index (κ3) is 3.91. The van der Waals surface area contributed by atoms with Gasteiger partial charge in [0.15, 0.2) is 0 Å². The molecule has 1 aromatic carbocycles. The van der Waals surface area contributed by atoms with Gasteiger partial charge in [0.25, 0.3) is 0 Å². The summed E-state index contributed by atoms with van der Waals surface area (Å²) in [6, 6.07) is 5.29. The third-order valence-corrected chi connectivity index (χ3v) is 3.86. The Balaban J connectivity index is 1.86. The highest BCUT2D eigenvalue weighted by molar-refractivity contribution is 5.34. The van der Waals surface area contributed by atoms with Gasteiger partial charge in [-0.25, -0.2) is 4.39 Å². The lowest BCUT2D eigenvalue weighted by molar-refractivity contribution is 0.328. The van der Waals surface area contributed by atoms with Gasteiger partial charge in [0.05, 0.1) is 7.11 Å². The molecule has 1 fully saturated rings. The smallest absolute Gasteiger partial charge is 0.123 e. The average molecular weight is 266 g/mol. The van der Waals surface area contributed by atoms with E-state index in [1.165, 1.54) is 18.9 Å². The Labute approximate surface area is 114 Å². The lowest BCUT2D eigenvalue weighted by Gasteiger charge is -2.29. The van der Waals surface area contributed by atoms with E-state index in [-0.39, 0.29) is 11.9 Å². The number of methoxy groups -OCH3 is 1. The highest BCUT2D eigenvalue weighted by Gasteiger charge is 2.20. The summed E-state index contributed by atoms with van der Waals surface area (Å²) in [7, 11) is 1.61. The third-order valence-electron chi connectivity index (χ3n) is 3.86. The fourth-order valence-corrected chi connectivity index (χ4v) is 2.75. The zero-order valence-electron chi connectivity index (χ0n) is 11.5. The van der Waals surface area contributed by atoms with E-state index in [1.807, 2.05) is 0 Å². The number of nitrogens with two attached hydrogens (primary N) is 1. The van der Waals surface area contributed by atoms with E-state index in [4.69, 9.17) is 10.5 Å². The number of hydrogen-bond donors (Lipinski definition) is 2. The highest BCUT2D eigenvalue weighted by Crippen LogP contribution is 2.20. The molecule has 0 bridgehead atoms. The molecule has 0 spiro atoms. The maximum Gasteiger partial charge on any atom is 0.123 e. The normalized spacial score (nSPS) is 23.3. The minimum absolute atomic E-state index is 0.217. The van der Waals surface area contributed by atoms with Crippen molar-refractivity contribution in [3.63, 3.8) is 0 Å². The predicted octanol–water partition coefficient (Wildman–Crippen LogP) is 2.24. The first kappa shape index (κ1) is 14.3. The van der Waals surface area contributed by atoms with Crippen LogP contribution in [0, 0.1) is 5.82 Å². The lowest BCUT2D eigenvalue weighted by Crippen LogP contribution is -2.47. The van der Waals surface area contributed by atoms with E-state index in [0.29, 0.717) is 6.04 Å². The van der Waals surface area contributed by atoms with Gasteiger partial charge in [-0.3, -0.25) is 0 Å². The fraction of sp³-hybridized carbons (Fsp3) is 0.600. The van der Waals surface area contributed by atoms with Gasteiger partial charge in [0.1, 0.15) is 11.6 Å². The second-order valence-corrected chi connectivity index (χ2v) is 5.22. The molecule has 106 valence electrons. The van der Waals surface area contributed by atoms with Crippen molar-refractivity contribution >= 4 is 0 Å². The standard InChI is InChI=1S/C15H23FN2O/c1-19-15-7-6-12(16)10-11(15)8-9-18-14-5-3-2-4-13(14)17/h6-7,10,13-14,18H,2-5,8-9,17H2,1H3. The van der Waals surface area contributed by atoms with Crippen LogP contribution in [-0.4, -0.2) is 25.7 Å². The molecule has 19 heavy (non-hydrogen) atoms. The van der Waals surface area contributed by atoms with Crippen LogP contribution in [0.1, 0.15) is 31.2 Å². The number of hydrogen-bond acceptors (Lipinski definition) is 3. The molecule has 0 aromatic heterocycles. The molecule has 2 rings (SSSR count). The number of nitrogens with one attached hydrogen (secondary N) is 1. The Hall–Kier alpha value is -1.13. The van der Waals surface area contributed by atoms with Crippen LogP contribution in [0.3, 0.4) is 0 Å². The van der Waals surface area contributed by atoms with Crippen molar-refractivity contribution in [1.82, 2.24) is 5.32 Å². The maximum absolute atomic E-state index is 13.2. The van der Waals surface area contributed by atoms with E-state index < -0.39 is 0 Å². The quantitative estimate of drug-likeness (QED) is 0.859. The molecule has 1 aliphatic rings. The van der Waals surface area contributed by atoms with Crippen molar-refractivity contribution < 1.29 is 9.13 Å². The van der Waals surface area contributed by atoms with Crippen LogP contribution in [0.25, 0.3) is 0 Å². The molecule has 0 aliphatic heterocycles. The van der Waals surface area contributed by atoms with Gasteiger partial charge in [-0.05, 0) is 49.6 Å². The second kappa shape index (κ2) is 6.87. The van der Waals surface area contributed by atoms with E-state index >= 15 is 0 Å². The second-order valence-electron chi connectivity index (χ2n) is 5.22. The molecular formula is C15H23FN2O. The van der Waals surface area contributed by atoms with E-state index in [0.717, 1.165) is 37.1 Å². The van der Waals surface area contributed by atoms with Crippen molar-refractivity contribution in [2.75, 3.05) is 13.7 Å². The predicted molar refractivity (Wildman–Crippen MR) is 74.9 cm³/mol. The first-order chi connectivity index (χ1) is 9.20. The van der Waals surface area contributed by atoms with Crippen LogP contribution < -0.4 is 15.8 Å². The summed E-state index contributed by atoms with van der Waals surface area (Å²) >= 11 is 0. The van der Waals surface area contributed by atoms with E-state index in [1.54, 1.807) is 19.2 Å². The van der Waals surface area contributed by atoms with E-state index in [2.05, 4.69) is 5.32 Å². The van der Waals surface area contributed by atoms with Gasteiger partial charge in [0, 0.05) is 12.1 Å². The molecule has 1 saturated carbocycles. The molecule has 0 saturated heterocycles. The Kier molecular flexibility index (Phi) is 5.16. The van der Waals surface area contributed by atoms with Crippen molar-refractivity contribution in [3.8, 4) is 5.75 Å². The van der Waals surface area contributed by atoms with Crippen LogP contribution in [0.15, 0.2) is 18.2 Å². The Morgan fingerprint density at radius 1 is 1.37 bits per heavy atom. The molecule has 0 amide bonds. The minimum Gasteiger partial charge on any atom is -0.496 e. The van der Waals surface area contributed by atoms with Crippen LogP contribution >= 0.6 is 0 Å². The van der Waals surface area contributed by atoms with E-state index in [9.17, 15) is 4.39 Å². The summed E-state index contributed by atoms with van der Waals surface area (Å²) in [5.41, 5.74) is 6.99. The topological polar surface area (TPSA) is 47.3 Å². The molecule has 2 atom stereocenters. The molecular weight excluding hydrogens is 243 g/mol. The Bertz CT molecular complexity index is 411. The summed E-state index contributed by atoms with van der Waals surface area (Å²) in [6.07, 6.45) is 5.47. The van der Waals surface area contributed by atoms with Gasteiger partial charge >= 0.3 is 0 Å². The largest absolute Gasteiger partial charge is 0.496 e. The number of benzene rings is 1. The zero-order valence-corrected chi connectivity index (χ0v) is 11.5. The first-order valence-electron chi connectivity index (χ1n) is 7.02. The van der Waals surface area contributed by atoms with Crippen molar-refractivity contribution in [1.29, 1.82) is 0 Å². The van der Waals surface area contributed by atoms with Crippen LogP contribution in [0.2, 0.25) is 0 Å². The Morgan fingerprint density at radius 2 is 2.16 bits per heavy atom. The minimum atomic E-state index is -0.217. The fourth-order valence-electron chi connectivity index (χ4n) is 2.75. The molecule has 3 N–H and O–H groups in total. The van der Waals surface area contributed by atoms with Gasteiger partial charge in [0.2, 0.25) is 0 Å². The number of ether oxygens (including phenoxy) is 1. The lowest BCUT2D eigenvalue weighted by atomic mass is 9.91. The van der Waals surface area contributed by atoms with Gasteiger partial charge < -0.3 is 15.8 Å². The molecule has 1 aromatic rings. The molecule has 3 nitrogen and oxygen atoms in total. The van der Waals surface area contributed by atoms with Crippen LogP contribution in [-0.2, 0) is 6.42 Å². The summed E-state index contributed by atoms with van der Waals surface area (Å²) in [4.78, 5) is 0. The molecule has 0 radical (unpaired) electrons. The van der Waals surface area contributed by atoms with Crippen molar-refractivity contribution in [2.45, 2.75) is 44.2 Å². The monoisotopic (exact) mass is 266 g/mol. The number of halogens is 1. The summed E-state index contributed by atoms with van der Waals surface area (Å²) in [5, 5.41) is 3.49. The SMILES string of the molecule is COc1ccc(F)cc1CCNC1CCCCC1N. The van der Waals surface area contributed by atoms with Crippen LogP contribution in [0.5, 0.6) is 5.75 Å². The first-order valence-corrected chi connectivity index (χ1v) is 7.02. The summed E-state index contributed by atoms with van der Waals surface area (Å²) < 4.78 is 18.5. The number of rotatable bonds is 5. The average Bonchev–Trinajstić information content (AvgIpc) is 2.41. The molecule has 2 unspecified atom stereocenters. The summed E-state index contributed by atoms with van der Waals surface area (Å²) in [6.45, 7) is 0.804. The highest BCUT2D eigenvalue weighted by atomic mass is 19.1. The van der Waals surface area contributed by atoms with Gasteiger partial charge in [-0.15, -0.1) is 0 Å². The molecule has 0 heterocycles. The van der Waals surface area contributed by atoms with Gasteiger partial charge in [-0.1, -0.05) is 12.8 Å². The molecule has 1 aliphatic carbocycles. The summed E-state index contributed by atoms with van der Waals surface area (Å²) in [5.74, 6) is 0.529.